The van der Waals surface area contributed by atoms with E-state index in [0.717, 1.165) is 33.2 Å². The standard InChI is InChI=1S/C30H28N4O4/c1-2-38-29-23(8-5-12-31-29)25-10-9-19(16-32-25)14-20-15-24-28(22-7-4-3-6-21(20)22)33-18-34(30(24)36)26-11-13-37-17-27(26)35/h3-10,12,15-16,18,26-27,35H,2,11,13-14,17H2,1H3/t26-,27-/m0/s1. The minimum Gasteiger partial charge on any atom is -0.477 e. The number of aromatic nitrogens is 4. The Balaban J connectivity index is 1.40. The monoisotopic (exact) mass is 508 g/mol. The van der Waals surface area contributed by atoms with Crippen molar-refractivity contribution >= 4 is 21.7 Å². The van der Waals surface area contributed by atoms with E-state index in [1.165, 1.54) is 0 Å². The van der Waals surface area contributed by atoms with E-state index in [9.17, 15) is 9.90 Å². The normalized spacial score (nSPS) is 17.6. The first-order chi connectivity index (χ1) is 18.6. The van der Waals surface area contributed by atoms with Gasteiger partial charge in [0, 0.05) is 24.4 Å². The molecule has 1 fully saturated rings. The third kappa shape index (κ3) is 4.42. The molecule has 2 aromatic carbocycles. The molecule has 0 amide bonds. The summed E-state index contributed by atoms with van der Waals surface area (Å²) in [5.74, 6) is 0.564. The molecule has 5 aromatic rings. The predicted octanol–water partition coefficient (Wildman–Crippen LogP) is 4.32. The maximum atomic E-state index is 13.6. The minimum atomic E-state index is -0.742. The molecule has 0 spiro atoms. The SMILES string of the molecule is CCOc1ncccc1-c1ccc(Cc2cc3c(=O)n([C@H]4CCOC[C@@H]4O)cnc3c3ccccc23)cn1. The number of rotatable bonds is 6. The number of ether oxygens (including phenoxy) is 2. The molecule has 2 atom stereocenters. The highest BCUT2D eigenvalue weighted by Crippen LogP contribution is 2.30. The quantitative estimate of drug-likeness (QED) is 0.341. The molecule has 192 valence electrons. The fourth-order valence-corrected chi connectivity index (χ4v) is 5.21. The van der Waals surface area contributed by atoms with Crippen LogP contribution in [0.3, 0.4) is 0 Å². The van der Waals surface area contributed by atoms with E-state index in [1.807, 2.05) is 61.7 Å². The minimum absolute atomic E-state index is 0.151. The molecule has 8 heteroatoms. The highest BCUT2D eigenvalue weighted by Gasteiger charge is 2.27. The van der Waals surface area contributed by atoms with E-state index < -0.39 is 6.10 Å². The molecule has 0 saturated carbocycles. The van der Waals surface area contributed by atoms with Gasteiger partial charge in [-0.1, -0.05) is 30.3 Å². The van der Waals surface area contributed by atoms with Crippen LogP contribution in [0.5, 0.6) is 5.88 Å². The Morgan fingerprint density at radius 3 is 2.71 bits per heavy atom. The molecule has 0 radical (unpaired) electrons. The maximum Gasteiger partial charge on any atom is 0.261 e. The van der Waals surface area contributed by atoms with Crippen LogP contribution >= 0.6 is 0 Å². The summed E-state index contributed by atoms with van der Waals surface area (Å²) < 4.78 is 12.6. The van der Waals surface area contributed by atoms with E-state index in [1.54, 1.807) is 17.1 Å². The number of hydrogen-bond donors (Lipinski definition) is 1. The number of fused-ring (bicyclic) bond motifs is 3. The molecule has 1 aliphatic heterocycles. The molecule has 8 nitrogen and oxygen atoms in total. The van der Waals surface area contributed by atoms with Crippen LogP contribution in [0.2, 0.25) is 0 Å². The Kier molecular flexibility index (Phi) is 6.57. The van der Waals surface area contributed by atoms with Crippen molar-refractivity contribution in [1.29, 1.82) is 0 Å². The fourth-order valence-electron chi connectivity index (χ4n) is 5.21. The molecule has 0 aliphatic carbocycles. The van der Waals surface area contributed by atoms with Gasteiger partial charge in [0.25, 0.3) is 5.56 Å². The molecular formula is C30H28N4O4. The van der Waals surface area contributed by atoms with Gasteiger partial charge < -0.3 is 14.6 Å². The van der Waals surface area contributed by atoms with Crippen molar-refractivity contribution in [2.24, 2.45) is 0 Å². The first kappa shape index (κ1) is 24.2. The molecule has 0 unspecified atom stereocenters. The van der Waals surface area contributed by atoms with Crippen LogP contribution in [0, 0.1) is 0 Å². The molecule has 3 aromatic heterocycles. The first-order valence-corrected chi connectivity index (χ1v) is 12.8. The van der Waals surface area contributed by atoms with Crippen molar-refractivity contribution in [3.05, 3.63) is 94.8 Å². The second-order valence-corrected chi connectivity index (χ2v) is 9.45. The Morgan fingerprint density at radius 2 is 1.92 bits per heavy atom. The zero-order valence-electron chi connectivity index (χ0n) is 21.1. The third-order valence-corrected chi connectivity index (χ3v) is 7.07. The van der Waals surface area contributed by atoms with Gasteiger partial charge in [0.15, 0.2) is 0 Å². The lowest BCUT2D eigenvalue weighted by Gasteiger charge is -2.29. The Bertz CT molecular complexity index is 1670. The van der Waals surface area contributed by atoms with Gasteiger partial charge in [-0.3, -0.25) is 14.3 Å². The van der Waals surface area contributed by atoms with Crippen molar-refractivity contribution < 1.29 is 14.6 Å². The lowest BCUT2D eigenvalue weighted by molar-refractivity contribution is -0.0395. The van der Waals surface area contributed by atoms with E-state index in [2.05, 4.69) is 16.0 Å². The second-order valence-electron chi connectivity index (χ2n) is 9.45. The summed E-state index contributed by atoms with van der Waals surface area (Å²) in [5.41, 5.74) is 4.18. The van der Waals surface area contributed by atoms with Crippen LogP contribution < -0.4 is 10.3 Å². The number of nitrogens with zero attached hydrogens (tertiary/aromatic N) is 4. The van der Waals surface area contributed by atoms with Gasteiger partial charge in [0.1, 0.15) is 0 Å². The molecule has 1 saturated heterocycles. The third-order valence-electron chi connectivity index (χ3n) is 7.07. The van der Waals surface area contributed by atoms with Gasteiger partial charge in [-0.25, -0.2) is 9.97 Å². The summed E-state index contributed by atoms with van der Waals surface area (Å²) in [6, 6.07) is 17.4. The Hall–Kier alpha value is -4.14. The van der Waals surface area contributed by atoms with Crippen LogP contribution in [0.25, 0.3) is 32.9 Å². The molecule has 6 rings (SSSR count). The summed E-state index contributed by atoms with van der Waals surface area (Å²) in [6.45, 7) is 3.18. The zero-order valence-corrected chi connectivity index (χ0v) is 21.1. The summed E-state index contributed by atoms with van der Waals surface area (Å²) in [7, 11) is 0. The van der Waals surface area contributed by atoms with Gasteiger partial charge in [-0.05, 0) is 60.5 Å². The molecule has 1 aliphatic rings. The van der Waals surface area contributed by atoms with Gasteiger partial charge >= 0.3 is 0 Å². The summed E-state index contributed by atoms with van der Waals surface area (Å²) >= 11 is 0. The number of pyridine rings is 2. The van der Waals surface area contributed by atoms with Crippen LogP contribution in [-0.2, 0) is 11.2 Å². The van der Waals surface area contributed by atoms with Gasteiger partial charge in [0.05, 0.1) is 53.8 Å². The molecule has 0 bridgehead atoms. The van der Waals surface area contributed by atoms with Crippen molar-refractivity contribution in [2.45, 2.75) is 31.9 Å². The lowest BCUT2D eigenvalue weighted by Crippen LogP contribution is -2.39. The number of aliphatic hydroxyl groups is 1. The summed E-state index contributed by atoms with van der Waals surface area (Å²) in [6.07, 6.45) is 5.55. The average Bonchev–Trinajstić information content (AvgIpc) is 2.95. The fraction of sp³-hybridized carbons (Fsp3) is 0.267. The largest absolute Gasteiger partial charge is 0.477 e. The highest BCUT2D eigenvalue weighted by atomic mass is 16.5. The second kappa shape index (κ2) is 10.3. The average molecular weight is 509 g/mol. The van der Waals surface area contributed by atoms with Gasteiger partial charge in [-0.15, -0.1) is 0 Å². The lowest BCUT2D eigenvalue weighted by atomic mass is 9.96. The van der Waals surface area contributed by atoms with Gasteiger partial charge in [-0.2, -0.15) is 0 Å². The molecule has 38 heavy (non-hydrogen) atoms. The Labute approximate surface area is 219 Å². The van der Waals surface area contributed by atoms with Crippen molar-refractivity contribution in [3.63, 3.8) is 0 Å². The molecule has 1 N–H and O–H groups in total. The Morgan fingerprint density at radius 1 is 1.05 bits per heavy atom. The van der Waals surface area contributed by atoms with Crippen molar-refractivity contribution in [1.82, 2.24) is 19.5 Å². The van der Waals surface area contributed by atoms with E-state index >= 15 is 0 Å². The number of aliphatic hydroxyl groups excluding tert-OH is 1. The molecular weight excluding hydrogens is 480 g/mol. The summed E-state index contributed by atoms with van der Waals surface area (Å²) in [4.78, 5) is 27.3. The maximum absolute atomic E-state index is 13.6. The highest BCUT2D eigenvalue weighted by molar-refractivity contribution is 6.06. The zero-order chi connectivity index (χ0) is 26.1. The smallest absolute Gasteiger partial charge is 0.261 e. The van der Waals surface area contributed by atoms with Crippen LogP contribution in [0.15, 0.2) is 78.1 Å². The first-order valence-electron chi connectivity index (χ1n) is 12.8. The number of hydrogen-bond acceptors (Lipinski definition) is 7. The van der Waals surface area contributed by atoms with Crippen LogP contribution in [0.4, 0.5) is 0 Å². The summed E-state index contributed by atoms with van der Waals surface area (Å²) in [5, 5.41) is 13.0. The van der Waals surface area contributed by atoms with Gasteiger partial charge in [0.2, 0.25) is 5.88 Å². The predicted molar refractivity (Wildman–Crippen MR) is 145 cm³/mol. The van der Waals surface area contributed by atoms with Crippen LogP contribution in [0.1, 0.15) is 30.5 Å². The van der Waals surface area contributed by atoms with E-state index in [-0.39, 0.29) is 18.2 Å². The molecule has 4 heterocycles. The topological polar surface area (TPSA) is 99.4 Å². The van der Waals surface area contributed by atoms with Crippen molar-refractivity contribution in [3.8, 4) is 17.1 Å². The van der Waals surface area contributed by atoms with Crippen LogP contribution in [-0.4, -0.2) is 50.6 Å². The van der Waals surface area contributed by atoms with E-state index in [4.69, 9.17) is 14.5 Å². The van der Waals surface area contributed by atoms with Crippen molar-refractivity contribution in [2.75, 3.05) is 19.8 Å². The number of benzene rings is 2. The van der Waals surface area contributed by atoms with E-state index in [0.29, 0.717) is 42.8 Å².